The predicted molar refractivity (Wildman–Crippen MR) is 115 cm³/mol. The van der Waals surface area contributed by atoms with Crippen molar-refractivity contribution < 1.29 is 9.53 Å². The summed E-state index contributed by atoms with van der Waals surface area (Å²) in [6.45, 7) is 9.88. The average molecular weight is 377 g/mol. The van der Waals surface area contributed by atoms with Crippen molar-refractivity contribution in [3.05, 3.63) is 58.7 Å². The van der Waals surface area contributed by atoms with Gasteiger partial charge < -0.3 is 15.0 Å². The largest absolute Gasteiger partial charge is 0.496 e. The highest BCUT2D eigenvalue weighted by Crippen LogP contribution is 2.28. The summed E-state index contributed by atoms with van der Waals surface area (Å²) in [5.41, 5.74) is 4.51. The molecule has 0 atom stereocenters. The maximum absolute atomic E-state index is 12.6. The molecule has 0 unspecified atom stereocenters. The number of ether oxygens (including phenoxy) is 1. The van der Waals surface area contributed by atoms with Gasteiger partial charge in [-0.1, -0.05) is 6.07 Å². The molecule has 1 N–H and O–H groups in total. The number of carbonyl (C=O) groups excluding carboxylic acids is 1. The molecule has 2 aromatic carbocycles. The normalized spacial score (nSPS) is 10.9. The summed E-state index contributed by atoms with van der Waals surface area (Å²) in [5, 5.41) is 12.3. The monoisotopic (exact) mass is 377 g/mol. The first-order valence-electron chi connectivity index (χ1n) is 9.36. The van der Waals surface area contributed by atoms with E-state index in [-0.39, 0.29) is 5.57 Å². The van der Waals surface area contributed by atoms with Crippen LogP contribution in [0, 0.1) is 25.2 Å². The van der Waals surface area contributed by atoms with Crippen LogP contribution < -0.4 is 15.0 Å². The molecule has 5 nitrogen and oxygen atoms in total. The number of nitrogens with one attached hydrogen (secondary N) is 1. The van der Waals surface area contributed by atoms with Crippen molar-refractivity contribution in [3.8, 4) is 11.8 Å². The Kier molecular flexibility index (Phi) is 7.22. The fourth-order valence-electron chi connectivity index (χ4n) is 3.15. The summed E-state index contributed by atoms with van der Waals surface area (Å²) in [4.78, 5) is 14.8. The van der Waals surface area contributed by atoms with E-state index in [4.69, 9.17) is 4.74 Å². The quantitative estimate of drug-likeness (QED) is 0.561. The second kappa shape index (κ2) is 9.61. The molecule has 1 amide bonds. The Bertz CT molecular complexity index is 902. The van der Waals surface area contributed by atoms with Crippen molar-refractivity contribution in [1.82, 2.24) is 0 Å². The van der Waals surface area contributed by atoms with E-state index >= 15 is 0 Å². The number of nitriles is 1. The lowest BCUT2D eigenvalue weighted by Crippen LogP contribution is -2.21. The van der Waals surface area contributed by atoms with Gasteiger partial charge in [-0.2, -0.15) is 5.26 Å². The van der Waals surface area contributed by atoms with Crippen LogP contribution in [0.15, 0.2) is 42.0 Å². The topological polar surface area (TPSA) is 65.4 Å². The van der Waals surface area contributed by atoms with E-state index in [1.807, 2.05) is 56.3 Å². The average Bonchev–Trinajstić information content (AvgIpc) is 2.66. The summed E-state index contributed by atoms with van der Waals surface area (Å²) < 4.78 is 5.49. The second-order valence-corrected chi connectivity index (χ2v) is 6.60. The Labute approximate surface area is 167 Å². The number of benzene rings is 2. The molecule has 0 bridgehead atoms. The van der Waals surface area contributed by atoms with Crippen molar-refractivity contribution in [2.24, 2.45) is 0 Å². The second-order valence-electron chi connectivity index (χ2n) is 6.60. The van der Waals surface area contributed by atoms with Crippen molar-refractivity contribution in [1.29, 1.82) is 5.26 Å². The van der Waals surface area contributed by atoms with Gasteiger partial charge in [-0.3, -0.25) is 4.79 Å². The highest BCUT2D eigenvalue weighted by molar-refractivity contribution is 6.09. The number of aryl methyl sites for hydroxylation is 2. The molecule has 0 aromatic heterocycles. The maximum Gasteiger partial charge on any atom is 0.266 e. The molecule has 2 rings (SSSR count). The molecule has 0 radical (unpaired) electrons. The third-order valence-electron chi connectivity index (χ3n) is 4.49. The highest BCUT2D eigenvalue weighted by atomic mass is 16.5. The number of rotatable bonds is 7. The fourth-order valence-corrected chi connectivity index (χ4v) is 3.15. The number of hydrogen-bond donors (Lipinski definition) is 1. The van der Waals surface area contributed by atoms with Crippen molar-refractivity contribution in [2.75, 3.05) is 30.4 Å². The van der Waals surface area contributed by atoms with E-state index in [1.165, 1.54) is 0 Å². The van der Waals surface area contributed by atoms with E-state index < -0.39 is 5.91 Å². The summed E-state index contributed by atoms with van der Waals surface area (Å²) >= 11 is 0. The molecule has 0 fully saturated rings. The van der Waals surface area contributed by atoms with Gasteiger partial charge in [-0.15, -0.1) is 0 Å². The Morgan fingerprint density at radius 2 is 1.79 bits per heavy atom. The molecule has 28 heavy (non-hydrogen) atoms. The minimum Gasteiger partial charge on any atom is -0.496 e. The SMILES string of the molecule is CCN(CC)c1ccc(/C=C(\C#N)C(=O)Nc2cc(C)cc(C)c2)c(OC)c1. The van der Waals surface area contributed by atoms with E-state index in [0.717, 1.165) is 29.9 Å². The molecule has 0 saturated heterocycles. The standard InChI is InChI=1S/C23H27N3O2/c1-6-26(7-2)21-9-8-18(22(14-21)28-5)13-19(15-24)23(27)25-20-11-16(3)10-17(4)12-20/h8-14H,6-7H2,1-5H3,(H,25,27)/b19-13+. The first-order chi connectivity index (χ1) is 13.4. The van der Waals surface area contributed by atoms with Gasteiger partial charge in [0, 0.05) is 36.1 Å². The minimum absolute atomic E-state index is 0.0213. The Hall–Kier alpha value is -3.26. The molecule has 0 heterocycles. The molecule has 5 heteroatoms. The third-order valence-corrected chi connectivity index (χ3v) is 4.49. The number of carbonyl (C=O) groups is 1. The van der Waals surface area contributed by atoms with Gasteiger partial charge in [-0.25, -0.2) is 0 Å². The predicted octanol–water partition coefficient (Wildman–Crippen LogP) is 4.70. The number of hydrogen-bond acceptors (Lipinski definition) is 4. The van der Waals surface area contributed by atoms with Crippen LogP contribution in [0.2, 0.25) is 0 Å². The van der Waals surface area contributed by atoms with Crippen molar-refractivity contribution >= 4 is 23.4 Å². The Balaban J connectivity index is 2.32. The van der Waals surface area contributed by atoms with Crippen LogP contribution in [0.3, 0.4) is 0 Å². The summed E-state index contributed by atoms with van der Waals surface area (Å²) in [7, 11) is 1.58. The molecule has 146 valence electrons. The number of amides is 1. The van der Waals surface area contributed by atoms with Crippen LogP contribution in [0.25, 0.3) is 6.08 Å². The first-order valence-corrected chi connectivity index (χ1v) is 9.36. The molecule has 0 spiro atoms. The number of nitrogens with zero attached hydrogens (tertiary/aromatic N) is 2. The van der Waals surface area contributed by atoms with Crippen LogP contribution >= 0.6 is 0 Å². The van der Waals surface area contributed by atoms with Crippen LogP contribution in [0.1, 0.15) is 30.5 Å². The van der Waals surface area contributed by atoms with Gasteiger partial charge in [0.05, 0.1) is 7.11 Å². The fraction of sp³-hybridized carbons (Fsp3) is 0.304. The summed E-state index contributed by atoms with van der Waals surface area (Å²) in [6, 6.07) is 13.5. The molecule has 0 aliphatic carbocycles. The van der Waals surface area contributed by atoms with E-state index in [1.54, 1.807) is 13.2 Å². The van der Waals surface area contributed by atoms with Crippen molar-refractivity contribution in [3.63, 3.8) is 0 Å². The van der Waals surface area contributed by atoms with Crippen LogP contribution in [-0.2, 0) is 4.79 Å². The van der Waals surface area contributed by atoms with Gasteiger partial charge in [0.25, 0.3) is 5.91 Å². The van der Waals surface area contributed by atoms with Gasteiger partial charge in [0.1, 0.15) is 17.4 Å². The number of methoxy groups -OCH3 is 1. The zero-order chi connectivity index (χ0) is 20.7. The summed E-state index contributed by atoms with van der Waals surface area (Å²) in [5.74, 6) is 0.179. The van der Waals surface area contributed by atoms with Gasteiger partial charge in [-0.05, 0) is 69.2 Å². The van der Waals surface area contributed by atoms with Gasteiger partial charge in [0.15, 0.2) is 0 Å². The zero-order valence-electron chi connectivity index (χ0n) is 17.2. The van der Waals surface area contributed by atoms with Crippen LogP contribution in [-0.4, -0.2) is 26.1 Å². The smallest absolute Gasteiger partial charge is 0.266 e. The number of anilines is 2. The zero-order valence-corrected chi connectivity index (χ0v) is 17.2. The van der Waals surface area contributed by atoms with Crippen LogP contribution in [0.4, 0.5) is 11.4 Å². The molecule has 0 saturated carbocycles. The molecular formula is C23H27N3O2. The maximum atomic E-state index is 12.6. The van der Waals surface area contributed by atoms with E-state index in [9.17, 15) is 10.1 Å². The third kappa shape index (κ3) is 5.14. The molecule has 0 aliphatic rings. The molecule has 2 aromatic rings. The lowest BCUT2D eigenvalue weighted by Gasteiger charge is -2.22. The van der Waals surface area contributed by atoms with Gasteiger partial charge >= 0.3 is 0 Å². The Morgan fingerprint density at radius 3 is 2.32 bits per heavy atom. The van der Waals surface area contributed by atoms with E-state index in [2.05, 4.69) is 24.1 Å². The Morgan fingerprint density at radius 1 is 1.14 bits per heavy atom. The molecule has 0 aliphatic heterocycles. The van der Waals surface area contributed by atoms with Crippen LogP contribution in [0.5, 0.6) is 5.75 Å². The minimum atomic E-state index is -0.442. The highest BCUT2D eigenvalue weighted by Gasteiger charge is 2.13. The lowest BCUT2D eigenvalue weighted by molar-refractivity contribution is -0.112. The van der Waals surface area contributed by atoms with E-state index in [0.29, 0.717) is 17.0 Å². The molecular weight excluding hydrogens is 350 g/mol. The summed E-state index contributed by atoms with van der Waals surface area (Å²) in [6.07, 6.45) is 1.56. The van der Waals surface area contributed by atoms with Crippen molar-refractivity contribution in [2.45, 2.75) is 27.7 Å². The van der Waals surface area contributed by atoms with Gasteiger partial charge in [0.2, 0.25) is 0 Å². The lowest BCUT2D eigenvalue weighted by atomic mass is 10.1. The first kappa shape index (κ1) is 21.0.